The number of aliphatic hydroxyl groups excluding tert-OH is 1. The van der Waals surface area contributed by atoms with Crippen LogP contribution < -0.4 is 10.5 Å². The van der Waals surface area contributed by atoms with E-state index in [4.69, 9.17) is 0 Å². The van der Waals surface area contributed by atoms with E-state index in [0.29, 0.717) is 34.4 Å². The van der Waals surface area contributed by atoms with E-state index in [1.165, 1.54) is 9.58 Å². The van der Waals surface area contributed by atoms with Crippen LogP contribution in [0.3, 0.4) is 0 Å². The first-order valence-electron chi connectivity index (χ1n) is 12.2. The number of hydrogen-bond donors (Lipinski definition) is 3. The number of para-hydroxylation sites is 1. The topological polar surface area (TPSA) is 119 Å². The summed E-state index contributed by atoms with van der Waals surface area (Å²) in [5.41, 5.74) is 0.0920. The Morgan fingerprint density at radius 3 is 2.78 bits per heavy atom. The number of nitrogens with zero attached hydrogens (tertiary/aromatic N) is 3. The molecule has 0 radical (unpaired) electrons. The maximum Gasteiger partial charge on any atom is 0.279 e. The van der Waals surface area contributed by atoms with E-state index < -0.39 is 17.4 Å². The molecule has 5 rings (SSSR count). The maximum absolute atomic E-state index is 13.2. The lowest BCUT2D eigenvalue weighted by Gasteiger charge is -2.27. The lowest BCUT2D eigenvalue weighted by molar-refractivity contribution is -0.139. The molecule has 2 aromatic carbocycles. The van der Waals surface area contributed by atoms with Crippen LogP contribution in [0.25, 0.3) is 16.6 Å². The summed E-state index contributed by atoms with van der Waals surface area (Å²) in [6.45, 7) is 2.31. The molecule has 3 heterocycles. The minimum Gasteiger partial charge on any atom is -0.394 e. The minimum absolute atomic E-state index is 0.0506. The fraction of sp³-hybridized carbons (Fsp3) is 0.370. The van der Waals surface area contributed by atoms with E-state index in [0.717, 1.165) is 12.8 Å². The minimum atomic E-state index is -1.85. The van der Waals surface area contributed by atoms with E-state index >= 15 is 0 Å². The standard InChI is InChI=1S/C27H30N4O5/c1-17(7-5-11-24(33)30-14-6-8-19(30)16-32)27(36)21-15-18(12-13-23(21)29(2)26(27)35)31-25(34)20-9-3-4-10-22(20)28-31/h3-5,7,9-10,12-13,15,17,19,28,32,36H,6,8,11,14,16H2,1-2H3/b7-5+/t17-,19+,27+/m1/s1. The molecule has 36 heavy (non-hydrogen) atoms. The lowest BCUT2D eigenvalue weighted by Crippen LogP contribution is -2.43. The Morgan fingerprint density at radius 2 is 2.03 bits per heavy atom. The molecule has 2 aliphatic rings. The van der Waals surface area contributed by atoms with Crippen LogP contribution in [0.4, 0.5) is 5.69 Å². The van der Waals surface area contributed by atoms with Crippen molar-refractivity contribution in [1.82, 2.24) is 14.7 Å². The van der Waals surface area contributed by atoms with Crippen LogP contribution in [0.15, 0.2) is 59.4 Å². The van der Waals surface area contributed by atoms with Gasteiger partial charge in [-0.3, -0.25) is 19.5 Å². The second-order valence-electron chi connectivity index (χ2n) is 9.62. The average Bonchev–Trinajstić information content (AvgIpc) is 3.56. The Bertz CT molecular complexity index is 1420. The van der Waals surface area contributed by atoms with Gasteiger partial charge in [0.05, 0.1) is 34.9 Å². The van der Waals surface area contributed by atoms with Gasteiger partial charge >= 0.3 is 0 Å². The third-order valence-electron chi connectivity index (χ3n) is 7.52. The molecule has 0 bridgehead atoms. The van der Waals surface area contributed by atoms with Gasteiger partial charge in [0, 0.05) is 31.5 Å². The van der Waals surface area contributed by atoms with Gasteiger partial charge in [-0.25, -0.2) is 4.68 Å². The molecule has 1 saturated heterocycles. The molecular weight excluding hydrogens is 460 g/mol. The number of fused-ring (bicyclic) bond motifs is 2. The first-order chi connectivity index (χ1) is 17.3. The molecule has 0 unspecified atom stereocenters. The quantitative estimate of drug-likeness (QED) is 0.457. The van der Waals surface area contributed by atoms with Crippen molar-refractivity contribution in [1.29, 1.82) is 0 Å². The number of aromatic nitrogens is 2. The average molecular weight is 491 g/mol. The number of nitrogens with one attached hydrogen (secondary N) is 1. The van der Waals surface area contributed by atoms with E-state index in [1.54, 1.807) is 61.4 Å². The molecule has 0 aliphatic carbocycles. The van der Waals surface area contributed by atoms with E-state index in [-0.39, 0.29) is 30.5 Å². The number of likely N-dealkylation sites (N-methyl/N-ethyl adjacent to an activating group) is 1. The predicted octanol–water partition coefficient (Wildman–Crippen LogP) is 2.05. The molecule has 9 heteroatoms. The van der Waals surface area contributed by atoms with Crippen molar-refractivity contribution in [3.05, 3.63) is 70.5 Å². The largest absolute Gasteiger partial charge is 0.394 e. The highest BCUT2D eigenvalue weighted by atomic mass is 16.3. The molecule has 9 nitrogen and oxygen atoms in total. The maximum atomic E-state index is 13.2. The molecule has 1 fully saturated rings. The SMILES string of the molecule is C[C@H](/C=C/CC(=O)N1CCC[C@H]1CO)[C@@]1(O)C(=O)N(C)c2ccc(-n3[nH]c4ccccc4c3=O)cc21. The van der Waals surface area contributed by atoms with Gasteiger partial charge in [0.25, 0.3) is 11.5 Å². The summed E-state index contributed by atoms with van der Waals surface area (Å²) in [5.74, 6) is -1.19. The number of aliphatic hydroxyl groups is 2. The third-order valence-corrected chi connectivity index (χ3v) is 7.52. The molecular formula is C27H30N4O5. The Labute approximate surface area is 208 Å². The van der Waals surface area contributed by atoms with Gasteiger partial charge < -0.3 is 20.0 Å². The monoisotopic (exact) mass is 490 g/mol. The highest BCUT2D eigenvalue weighted by Gasteiger charge is 2.51. The van der Waals surface area contributed by atoms with Crippen LogP contribution in [0, 0.1) is 5.92 Å². The van der Waals surface area contributed by atoms with Gasteiger partial charge in [0.1, 0.15) is 0 Å². The van der Waals surface area contributed by atoms with Crippen LogP contribution in [0.1, 0.15) is 31.7 Å². The Hall–Kier alpha value is -3.69. The smallest absolute Gasteiger partial charge is 0.279 e. The summed E-state index contributed by atoms with van der Waals surface area (Å²) >= 11 is 0. The summed E-state index contributed by atoms with van der Waals surface area (Å²) < 4.78 is 1.40. The fourth-order valence-electron chi connectivity index (χ4n) is 5.41. The normalized spacial score (nSPS) is 22.7. The number of carbonyl (C=O) groups excluding carboxylic acids is 2. The fourth-order valence-corrected chi connectivity index (χ4v) is 5.41. The second kappa shape index (κ2) is 9.07. The van der Waals surface area contributed by atoms with Crippen molar-refractivity contribution < 1.29 is 19.8 Å². The summed E-state index contributed by atoms with van der Waals surface area (Å²) in [4.78, 5) is 41.9. The van der Waals surface area contributed by atoms with E-state index in [1.807, 2.05) is 12.1 Å². The first kappa shape index (κ1) is 24.0. The number of rotatable bonds is 6. The molecule has 3 N–H and O–H groups in total. The zero-order chi connectivity index (χ0) is 25.6. The number of hydrogen-bond acceptors (Lipinski definition) is 5. The van der Waals surface area contributed by atoms with Gasteiger partial charge in [0.15, 0.2) is 5.60 Å². The van der Waals surface area contributed by atoms with E-state index in [9.17, 15) is 24.6 Å². The van der Waals surface area contributed by atoms with Crippen LogP contribution in [-0.4, -0.2) is 62.9 Å². The van der Waals surface area contributed by atoms with Gasteiger partial charge in [0.2, 0.25) is 5.91 Å². The lowest BCUT2D eigenvalue weighted by atomic mass is 9.82. The van der Waals surface area contributed by atoms with E-state index in [2.05, 4.69) is 5.10 Å². The van der Waals surface area contributed by atoms with Gasteiger partial charge in [-0.2, -0.15) is 0 Å². The molecule has 1 aromatic heterocycles. The van der Waals surface area contributed by atoms with Crippen molar-refractivity contribution in [2.75, 3.05) is 25.1 Å². The Kier molecular flexibility index (Phi) is 6.05. The first-order valence-corrected chi connectivity index (χ1v) is 12.2. The number of amides is 2. The van der Waals surface area contributed by atoms with Crippen molar-refractivity contribution in [3.63, 3.8) is 0 Å². The van der Waals surface area contributed by atoms with Gasteiger partial charge in [-0.05, 0) is 43.2 Å². The molecule has 0 spiro atoms. The number of anilines is 1. The summed E-state index contributed by atoms with van der Waals surface area (Å²) in [6.07, 6.45) is 5.15. The predicted molar refractivity (Wildman–Crippen MR) is 136 cm³/mol. The van der Waals surface area contributed by atoms with Crippen LogP contribution >= 0.6 is 0 Å². The van der Waals surface area contributed by atoms with Crippen LogP contribution in [-0.2, 0) is 15.2 Å². The third kappa shape index (κ3) is 3.66. The van der Waals surface area contributed by atoms with Crippen molar-refractivity contribution >= 4 is 28.4 Å². The molecule has 3 aromatic rings. The zero-order valence-corrected chi connectivity index (χ0v) is 20.3. The molecule has 0 saturated carbocycles. The van der Waals surface area contributed by atoms with Crippen molar-refractivity contribution in [2.45, 2.75) is 37.8 Å². The number of benzene rings is 2. The molecule has 2 amide bonds. The zero-order valence-electron chi connectivity index (χ0n) is 20.3. The number of likely N-dealkylation sites (tertiary alicyclic amines) is 1. The number of H-pyrrole nitrogens is 1. The van der Waals surface area contributed by atoms with Crippen LogP contribution in [0.5, 0.6) is 0 Å². The summed E-state index contributed by atoms with van der Waals surface area (Å²) in [5, 5.41) is 24.8. The number of carbonyl (C=O) groups is 2. The van der Waals surface area contributed by atoms with Crippen molar-refractivity contribution in [2.24, 2.45) is 5.92 Å². The molecule has 3 atom stereocenters. The molecule has 2 aliphatic heterocycles. The summed E-state index contributed by atoms with van der Waals surface area (Å²) in [6, 6.07) is 12.2. The highest BCUT2D eigenvalue weighted by Crippen LogP contribution is 2.45. The second-order valence-corrected chi connectivity index (χ2v) is 9.62. The van der Waals surface area contributed by atoms with Gasteiger partial charge in [-0.1, -0.05) is 31.2 Å². The highest BCUT2D eigenvalue weighted by molar-refractivity contribution is 6.07. The Morgan fingerprint density at radius 1 is 1.25 bits per heavy atom. The molecule has 188 valence electrons. The van der Waals surface area contributed by atoms with Gasteiger partial charge in [-0.15, -0.1) is 0 Å². The number of aromatic amines is 1. The van der Waals surface area contributed by atoms with Crippen LogP contribution in [0.2, 0.25) is 0 Å². The summed E-state index contributed by atoms with van der Waals surface area (Å²) in [7, 11) is 1.61. The van der Waals surface area contributed by atoms with Crippen molar-refractivity contribution in [3.8, 4) is 5.69 Å². The Balaban J connectivity index is 1.44.